The lowest BCUT2D eigenvalue weighted by Gasteiger charge is -2.17. The van der Waals surface area contributed by atoms with Crippen molar-refractivity contribution in [3.8, 4) is 11.6 Å². The molecule has 0 unspecified atom stereocenters. The van der Waals surface area contributed by atoms with E-state index >= 15 is 0 Å². The van der Waals surface area contributed by atoms with Gasteiger partial charge in [-0.05, 0) is 19.1 Å². The molecule has 2 aromatic carbocycles. The van der Waals surface area contributed by atoms with Crippen molar-refractivity contribution in [2.24, 2.45) is 4.99 Å². The molecular weight excluding hydrogens is 463 g/mol. The van der Waals surface area contributed by atoms with Crippen LogP contribution in [-0.2, 0) is 12.6 Å². The lowest BCUT2D eigenvalue weighted by Crippen LogP contribution is -2.34. The molecule has 0 fully saturated rings. The van der Waals surface area contributed by atoms with Crippen LogP contribution in [0.1, 0.15) is 27.9 Å². The summed E-state index contributed by atoms with van der Waals surface area (Å²) in [6.45, 7) is 2.03. The van der Waals surface area contributed by atoms with E-state index in [2.05, 4.69) is 15.0 Å². The van der Waals surface area contributed by atoms with E-state index in [0.717, 1.165) is 29.5 Å². The van der Waals surface area contributed by atoms with Gasteiger partial charge in [0.05, 0.1) is 23.3 Å². The van der Waals surface area contributed by atoms with E-state index in [1.807, 2.05) is 11.9 Å². The highest BCUT2D eigenvalue weighted by Gasteiger charge is 2.35. The SMILES string of the molecule is Cc1ccc(C(=NCCc2cnc[nH]2)c2c(O)n(-c3ccccc3C(F)(F)F)c(=O)[nH]c2=O)cc1. The average Bonchev–Trinajstić information content (AvgIpc) is 3.32. The van der Waals surface area contributed by atoms with Crippen LogP contribution in [0.5, 0.6) is 5.88 Å². The van der Waals surface area contributed by atoms with Gasteiger partial charge in [0.15, 0.2) is 0 Å². The maximum atomic E-state index is 13.6. The molecule has 4 aromatic rings. The van der Waals surface area contributed by atoms with Crippen LogP contribution in [0.4, 0.5) is 13.2 Å². The number of rotatable bonds is 6. The van der Waals surface area contributed by atoms with Crippen molar-refractivity contribution < 1.29 is 18.3 Å². The molecule has 180 valence electrons. The molecule has 0 saturated carbocycles. The summed E-state index contributed by atoms with van der Waals surface area (Å²) in [5, 5.41) is 11.0. The number of aromatic nitrogens is 4. The van der Waals surface area contributed by atoms with Gasteiger partial charge in [-0.15, -0.1) is 0 Å². The zero-order chi connectivity index (χ0) is 25.2. The number of alkyl halides is 3. The Labute approximate surface area is 196 Å². The number of aryl methyl sites for hydroxylation is 1. The quantitative estimate of drug-likeness (QED) is 0.365. The Kier molecular flexibility index (Phi) is 6.41. The molecule has 0 saturated heterocycles. The minimum absolute atomic E-state index is 0.0292. The summed E-state index contributed by atoms with van der Waals surface area (Å²) < 4.78 is 41.3. The number of hydrogen-bond acceptors (Lipinski definition) is 5. The molecule has 0 atom stereocenters. The molecule has 0 aliphatic heterocycles. The van der Waals surface area contributed by atoms with Gasteiger partial charge >= 0.3 is 11.9 Å². The molecule has 8 nitrogen and oxygen atoms in total. The molecule has 0 spiro atoms. The van der Waals surface area contributed by atoms with Crippen molar-refractivity contribution >= 4 is 5.71 Å². The Morgan fingerprint density at radius 1 is 1.11 bits per heavy atom. The highest BCUT2D eigenvalue weighted by molar-refractivity contribution is 6.14. The zero-order valence-corrected chi connectivity index (χ0v) is 18.4. The maximum Gasteiger partial charge on any atom is 0.418 e. The molecule has 0 aliphatic carbocycles. The number of aromatic amines is 2. The molecule has 2 heterocycles. The van der Waals surface area contributed by atoms with Gasteiger partial charge in [-0.25, -0.2) is 14.3 Å². The maximum absolute atomic E-state index is 13.6. The first-order valence-electron chi connectivity index (χ1n) is 10.5. The van der Waals surface area contributed by atoms with Gasteiger partial charge in [-0.2, -0.15) is 13.2 Å². The van der Waals surface area contributed by atoms with Crippen LogP contribution in [0.3, 0.4) is 0 Å². The Bertz CT molecular complexity index is 1480. The first kappa shape index (κ1) is 23.7. The van der Waals surface area contributed by atoms with Gasteiger partial charge < -0.3 is 10.1 Å². The zero-order valence-electron chi connectivity index (χ0n) is 18.4. The summed E-state index contributed by atoms with van der Waals surface area (Å²) in [4.78, 5) is 38.8. The lowest BCUT2D eigenvalue weighted by molar-refractivity contribution is -0.137. The van der Waals surface area contributed by atoms with Gasteiger partial charge in [0.2, 0.25) is 5.88 Å². The molecule has 0 amide bonds. The van der Waals surface area contributed by atoms with Gasteiger partial charge in [0.25, 0.3) is 5.56 Å². The highest BCUT2D eigenvalue weighted by Crippen LogP contribution is 2.34. The lowest BCUT2D eigenvalue weighted by atomic mass is 10.0. The van der Waals surface area contributed by atoms with Crippen LogP contribution in [-0.4, -0.2) is 36.9 Å². The molecule has 4 rings (SSSR count). The van der Waals surface area contributed by atoms with Crippen molar-refractivity contribution in [3.63, 3.8) is 0 Å². The summed E-state index contributed by atoms with van der Waals surface area (Å²) >= 11 is 0. The number of aromatic hydroxyl groups is 1. The average molecular weight is 483 g/mol. The number of H-pyrrole nitrogens is 2. The second-order valence-corrected chi connectivity index (χ2v) is 7.73. The van der Waals surface area contributed by atoms with Crippen LogP contribution in [0, 0.1) is 6.92 Å². The molecule has 3 N–H and O–H groups in total. The van der Waals surface area contributed by atoms with Crippen molar-refractivity contribution in [3.05, 3.63) is 110 Å². The van der Waals surface area contributed by atoms with E-state index in [-0.39, 0.29) is 12.3 Å². The van der Waals surface area contributed by atoms with E-state index in [1.165, 1.54) is 12.4 Å². The minimum Gasteiger partial charge on any atom is -0.493 e. The smallest absolute Gasteiger partial charge is 0.418 e. The van der Waals surface area contributed by atoms with Crippen molar-refractivity contribution in [2.45, 2.75) is 19.5 Å². The number of benzene rings is 2. The van der Waals surface area contributed by atoms with E-state index in [4.69, 9.17) is 0 Å². The van der Waals surface area contributed by atoms with Crippen LogP contribution in [0.15, 0.2) is 75.6 Å². The van der Waals surface area contributed by atoms with Gasteiger partial charge in [0.1, 0.15) is 5.56 Å². The third-order valence-corrected chi connectivity index (χ3v) is 5.30. The Morgan fingerprint density at radius 3 is 2.49 bits per heavy atom. The van der Waals surface area contributed by atoms with Gasteiger partial charge in [0, 0.05) is 30.4 Å². The highest BCUT2D eigenvalue weighted by atomic mass is 19.4. The second kappa shape index (κ2) is 9.45. The number of aliphatic imine (C=N–C) groups is 1. The number of halogens is 3. The molecular formula is C24H20F3N5O3. The van der Waals surface area contributed by atoms with Gasteiger partial charge in [-0.1, -0.05) is 42.0 Å². The van der Waals surface area contributed by atoms with E-state index in [0.29, 0.717) is 16.6 Å². The van der Waals surface area contributed by atoms with Crippen molar-refractivity contribution in [1.29, 1.82) is 0 Å². The second-order valence-electron chi connectivity index (χ2n) is 7.73. The monoisotopic (exact) mass is 483 g/mol. The first-order valence-corrected chi connectivity index (χ1v) is 10.5. The Morgan fingerprint density at radius 2 is 1.83 bits per heavy atom. The van der Waals surface area contributed by atoms with Gasteiger partial charge in [-0.3, -0.25) is 14.8 Å². The molecule has 0 bridgehead atoms. The van der Waals surface area contributed by atoms with Crippen LogP contribution < -0.4 is 11.2 Å². The fraction of sp³-hybridized carbons (Fsp3) is 0.167. The van der Waals surface area contributed by atoms with Crippen LogP contribution in [0.2, 0.25) is 0 Å². The number of hydrogen-bond donors (Lipinski definition) is 3. The predicted octanol–water partition coefficient (Wildman–Crippen LogP) is 3.36. The number of nitrogens with one attached hydrogen (secondary N) is 2. The molecule has 0 radical (unpaired) electrons. The van der Waals surface area contributed by atoms with Crippen molar-refractivity contribution in [1.82, 2.24) is 19.5 Å². The third-order valence-electron chi connectivity index (χ3n) is 5.30. The standard InChI is InChI=1S/C24H20F3N5O3/c1-14-6-8-15(9-7-14)20(29-11-10-16-12-28-13-30-16)19-21(33)31-23(35)32(22(19)34)18-5-3-2-4-17(18)24(25,26)27/h2-9,12-13,34H,10-11H2,1H3,(H,28,30)(H,31,33,35). The number of para-hydroxylation sites is 1. The summed E-state index contributed by atoms with van der Waals surface area (Å²) in [6, 6.07) is 11.1. The fourth-order valence-electron chi connectivity index (χ4n) is 3.61. The minimum atomic E-state index is -4.81. The van der Waals surface area contributed by atoms with Crippen molar-refractivity contribution in [2.75, 3.05) is 6.54 Å². The van der Waals surface area contributed by atoms with Crippen LogP contribution in [0.25, 0.3) is 5.69 Å². The summed E-state index contributed by atoms with van der Waals surface area (Å²) in [7, 11) is 0. The molecule has 0 aliphatic rings. The summed E-state index contributed by atoms with van der Waals surface area (Å²) in [6.07, 6.45) is -1.27. The summed E-state index contributed by atoms with van der Waals surface area (Å²) in [5.74, 6) is -0.948. The topological polar surface area (TPSA) is 116 Å². The molecule has 2 aromatic heterocycles. The van der Waals surface area contributed by atoms with Crippen LogP contribution >= 0.6 is 0 Å². The first-order chi connectivity index (χ1) is 16.7. The summed E-state index contributed by atoms with van der Waals surface area (Å²) in [5.41, 5.74) is -2.22. The predicted molar refractivity (Wildman–Crippen MR) is 123 cm³/mol. The molecule has 35 heavy (non-hydrogen) atoms. The number of imidazole rings is 1. The molecule has 11 heteroatoms. The Balaban J connectivity index is 1.93. The fourth-order valence-corrected chi connectivity index (χ4v) is 3.61. The largest absolute Gasteiger partial charge is 0.493 e. The third kappa shape index (κ3) is 4.93. The Hall–Kier alpha value is -4.41. The van der Waals surface area contributed by atoms with E-state index in [1.54, 1.807) is 30.5 Å². The number of nitrogens with zero attached hydrogens (tertiary/aromatic N) is 3. The van der Waals surface area contributed by atoms with E-state index in [9.17, 15) is 27.9 Å². The normalized spacial score (nSPS) is 12.2. The van der Waals surface area contributed by atoms with E-state index < -0.39 is 40.1 Å².